The Morgan fingerprint density at radius 3 is 2.61 bits per heavy atom. The number of allylic oxidation sites excluding steroid dienone is 2. The summed E-state index contributed by atoms with van der Waals surface area (Å²) in [7, 11) is 0. The number of halogens is 1. The molecular formula is C25H22BrNS. The van der Waals surface area contributed by atoms with Crippen molar-refractivity contribution in [2.24, 2.45) is 5.92 Å². The number of nitrogens with one attached hydrogen (secondary N) is 1. The zero-order chi connectivity index (χ0) is 18.9. The highest BCUT2D eigenvalue weighted by Gasteiger charge is 2.38. The summed E-state index contributed by atoms with van der Waals surface area (Å²) < 4.78 is 1.19. The summed E-state index contributed by atoms with van der Waals surface area (Å²) in [5.74, 6) is 2.07. The maximum atomic E-state index is 3.85. The van der Waals surface area contributed by atoms with Crippen LogP contribution < -0.4 is 5.32 Å². The van der Waals surface area contributed by atoms with Gasteiger partial charge in [-0.15, -0.1) is 11.8 Å². The van der Waals surface area contributed by atoms with Crippen LogP contribution in [0.25, 0.3) is 0 Å². The van der Waals surface area contributed by atoms with Crippen LogP contribution in [0.15, 0.2) is 94.3 Å². The van der Waals surface area contributed by atoms with E-state index in [0.29, 0.717) is 17.9 Å². The first kappa shape index (κ1) is 18.1. The largest absolute Gasteiger partial charge is 0.378 e. The van der Waals surface area contributed by atoms with Crippen LogP contribution in [-0.2, 0) is 5.75 Å². The molecular weight excluding hydrogens is 426 g/mol. The highest BCUT2D eigenvalue weighted by molar-refractivity contribution is 9.10. The first-order chi connectivity index (χ1) is 13.8. The third-order valence-corrected chi connectivity index (χ3v) is 7.62. The first-order valence-electron chi connectivity index (χ1n) is 9.78. The number of thioether (sulfide) groups is 1. The average molecular weight is 448 g/mol. The van der Waals surface area contributed by atoms with Gasteiger partial charge in [-0.3, -0.25) is 0 Å². The lowest BCUT2D eigenvalue weighted by Gasteiger charge is -2.38. The molecule has 0 unspecified atom stereocenters. The summed E-state index contributed by atoms with van der Waals surface area (Å²) in [5, 5.41) is 3.85. The molecule has 0 spiro atoms. The van der Waals surface area contributed by atoms with Gasteiger partial charge in [0.1, 0.15) is 0 Å². The van der Waals surface area contributed by atoms with Gasteiger partial charge in [0.15, 0.2) is 0 Å². The van der Waals surface area contributed by atoms with Crippen LogP contribution in [0.4, 0.5) is 5.69 Å². The number of fused-ring (bicyclic) bond motifs is 3. The molecule has 0 aromatic heterocycles. The Bertz CT molecular complexity index is 1010. The smallest absolute Gasteiger partial charge is 0.0565 e. The highest BCUT2D eigenvalue weighted by Crippen LogP contribution is 2.51. The summed E-state index contributed by atoms with van der Waals surface area (Å²) >= 11 is 5.66. The van der Waals surface area contributed by atoms with Gasteiger partial charge in [0.25, 0.3) is 0 Å². The minimum atomic E-state index is 0.340. The Hall–Kier alpha value is -1.97. The maximum absolute atomic E-state index is 3.85. The Labute approximate surface area is 179 Å². The predicted octanol–water partition coefficient (Wildman–Crippen LogP) is 7.57. The van der Waals surface area contributed by atoms with Gasteiger partial charge >= 0.3 is 0 Å². The normalized spacial score (nSPS) is 22.4. The lowest BCUT2D eigenvalue weighted by Crippen LogP contribution is -2.29. The number of rotatable bonds is 4. The van der Waals surface area contributed by atoms with E-state index in [1.54, 1.807) is 0 Å². The fourth-order valence-corrected chi connectivity index (χ4v) is 5.85. The third kappa shape index (κ3) is 3.42. The van der Waals surface area contributed by atoms with E-state index in [1.165, 1.54) is 31.7 Å². The molecule has 3 atom stereocenters. The molecule has 0 saturated heterocycles. The average Bonchev–Trinajstić information content (AvgIpc) is 3.23. The standard InChI is InChI=1S/C25H22BrNS/c26-23-12-5-4-9-21(23)25-20-11-6-10-19(20)22-15-17(13-14-24(22)27-25)16-28-18-7-2-1-3-8-18/h1-10,12-15,19-20,25,27H,11,16H2/t19-,20+,25-/m1/s1. The summed E-state index contributed by atoms with van der Waals surface area (Å²) in [6.07, 6.45) is 5.91. The van der Waals surface area contributed by atoms with Gasteiger partial charge in [-0.25, -0.2) is 0 Å². The summed E-state index contributed by atoms with van der Waals surface area (Å²) in [6.45, 7) is 0. The molecule has 5 rings (SSSR count). The lowest BCUT2D eigenvalue weighted by atomic mass is 9.76. The van der Waals surface area contributed by atoms with E-state index in [9.17, 15) is 0 Å². The van der Waals surface area contributed by atoms with Gasteiger partial charge in [0, 0.05) is 26.7 Å². The molecule has 3 heteroatoms. The van der Waals surface area contributed by atoms with E-state index in [1.807, 2.05) is 11.8 Å². The van der Waals surface area contributed by atoms with Crippen molar-refractivity contribution in [1.29, 1.82) is 0 Å². The quantitative estimate of drug-likeness (QED) is 0.326. The second kappa shape index (κ2) is 7.81. The Morgan fingerprint density at radius 2 is 1.75 bits per heavy atom. The summed E-state index contributed by atoms with van der Waals surface area (Å²) in [5.41, 5.74) is 5.48. The van der Waals surface area contributed by atoms with E-state index in [-0.39, 0.29) is 0 Å². The first-order valence-corrected chi connectivity index (χ1v) is 11.6. The van der Waals surface area contributed by atoms with E-state index < -0.39 is 0 Å². The molecule has 3 aromatic carbocycles. The molecule has 1 nitrogen and oxygen atoms in total. The molecule has 140 valence electrons. The SMILES string of the molecule is Brc1ccccc1[C@@H]1Nc2ccc(CSc3ccccc3)cc2[C@@H]2C=CC[C@@H]21. The van der Waals surface area contributed by atoms with E-state index in [0.717, 1.165) is 12.2 Å². The van der Waals surface area contributed by atoms with Gasteiger partial charge in [-0.05, 0) is 53.3 Å². The molecule has 1 N–H and O–H groups in total. The molecule has 0 bridgehead atoms. The van der Waals surface area contributed by atoms with Crippen LogP contribution in [0.1, 0.15) is 35.1 Å². The van der Waals surface area contributed by atoms with E-state index in [2.05, 4.69) is 106 Å². The van der Waals surface area contributed by atoms with Crippen LogP contribution in [0.2, 0.25) is 0 Å². The van der Waals surface area contributed by atoms with E-state index in [4.69, 9.17) is 0 Å². The number of anilines is 1. The van der Waals surface area contributed by atoms with Crippen molar-refractivity contribution in [2.75, 3.05) is 5.32 Å². The second-order valence-electron chi connectivity index (χ2n) is 7.52. The lowest BCUT2D eigenvalue weighted by molar-refractivity contribution is 0.424. The van der Waals surface area contributed by atoms with Crippen molar-refractivity contribution in [1.82, 2.24) is 0 Å². The van der Waals surface area contributed by atoms with Crippen LogP contribution in [0.5, 0.6) is 0 Å². The molecule has 1 heterocycles. The van der Waals surface area contributed by atoms with Gasteiger partial charge < -0.3 is 5.32 Å². The Kier molecular flexibility index (Phi) is 5.04. The summed E-state index contributed by atoms with van der Waals surface area (Å²) in [6, 6.07) is 26.6. The van der Waals surface area contributed by atoms with Crippen molar-refractivity contribution < 1.29 is 0 Å². The minimum Gasteiger partial charge on any atom is -0.378 e. The topological polar surface area (TPSA) is 12.0 Å². The van der Waals surface area contributed by atoms with Crippen LogP contribution in [0, 0.1) is 5.92 Å². The van der Waals surface area contributed by atoms with Crippen molar-refractivity contribution in [2.45, 2.75) is 29.0 Å². The number of benzene rings is 3. The molecule has 0 saturated carbocycles. The maximum Gasteiger partial charge on any atom is 0.0565 e. The third-order valence-electron chi connectivity index (χ3n) is 5.82. The predicted molar refractivity (Wildman–Crippen MR) is 123 cm³/mol. The molecule has 1 aliphatic carbocycles. The number of hydrogen-bond donors (Lipinski definition) is 1. The fraction of sp³-hybridized carbons (Fsp3) is 0.200. The van der Waals surface area contributed by atoms with Crippen molar-refractivity contribution in [3.05, 3.63) is 106 Å². The molecule has 0 amide bonds. The number of hydrogen-bond acceptors (Lipinski definition) is 2. The highest BCUT2D eigenvalue weighted by atomic mass is 79.9. The van der Waals surface area contributed by atoms with Gasteiger partial charge in [0.05, 0.1) is 6.04 Å². The van der Waals surface area contributed by atoms with Crippen molar-refractivity contribution in [3.63, 3.8) is 0 Å². The fourth-order valence-electron chi connectivity index (χ4n) is 4.45. The zero-order valence-electron chi connectivity index (χ0n) is 15.5. The van der Waals surface area contributed by atoms with Crippen molar-refractivity contribution >= 4 is 33.4 Å². The van der Waals surface area contributed by atoms with Gasteiger partial charge in [0.2, 0.25) is 0 Å². The van der Waals surface area contributed by atoms with Crippen LogP contribution in [-0.4, -0.2) is 0 Å². The van der Waals surface area contributed by atoms with Crippen LogP contribution in [0.3, 0.4) is 0 Å². The molecule has 3 aromatic rings. The van der Waals surface area contributed by atoms with Crippen LogP contribution >= 0.6 is 27.7 Å². The summed E-state index contributed by atoms with van der Waals surface area (Å²) in [4.78, 5) is 1.32. The zero-order valence-corrected chi connectivity index (χ0v) is 17.9. The Morgan fingerprint density at radius 1 is 0.929 bits per heavy atom. The van der Waals surface area contributed by atoms with E-state index >= 15 is 0 Å². The molecule has 28 heavy (non-hydrogen) atoms. The minimum absolute atomic E-state index is 0.340. The monoisotopic (exact) mass is 447 g/mol. The molecule has 0 radical (unpaired) electrons. The van der Waals surface area contributed by atoms with Gasteiger partial charge in [-0.2, -0.15) is 0 Å². The van der Waals surface area contributed by atoms with Crippen molar-refractivity contribution in [3.8, 4) is 0 Å². The van der Waals surface area contributed by atoms with Gasteiger partial charge in [-0.1, -0.05) is 76.6 Å². The molecule has 0 fully saturated rings. The second-order valence-corrected chi connectivity index (χ2v) is 9.42. The molecule has 2 aliphatic rings. The molecule has 1 aliphatic heterocycles. The Balaban J connectivity index is 1.43.